The van der Waals surface area contributed by atoms with Crippen molar-refractivity contribution >= 4 is 10.9 Å². The Balaban J connectivity index is 1.53. The minimum Gasteiger partial charge on any atom is -0.361 e. The van der Waals surface area contributed by atoms with Crippen molar-refractivity contribution in [3.05, 3.63) is 36.0 Å². The van der Waals surface area contributed by atoms with Gasteiger partial charge in [0.05, 0.1) is 0 Å². The molecule has 0 spiro atoms. The van der Waals surface area contributed by atoms with E-state index in [0.29, 0.717) is 16.9 Å². The van der Waals surface area contributed by atoms with E-state index in [0.717, 1.165) is 12.5 Å². The second-order valence-corrected chi connectivity index (χ2v) is 7.90. The number of benzene rings is 1. The normalized spacial score (nSPS) is 33.9. The Morgan fingerprint density at radius 2 is 2.05 bits per heavy atom. The van der Waals surface area contributed by atoms with E-state index in [-0.39, 0.29) is 0 Å². The lowest BCUT2D eigenvalue weighted by atomic mass is 9.69. The molecule has 2 heteroatoms. The first-order valence-electron chi connectivity index (χ1n) is 8.31. The molecule has 0 amide bonds. The topological polar surface area (TPSA) is 27.8 Å². The van der Waals surface area contributed by atoms with Crippen molar-refractivity contribution in [3.63, 3.8) is 0 Å². The Morgan fingerprint density at radius 3 is 2.76 bits per heavy atom. The Labute approximate surface area is 127 Å². The van der Waals surface area contributed by atoms with Gasteiger partial charge in [0.15, 0.2) is 0 Å². The van der Waals surface area contributed by atoms with Crippen LogP contribution in [0.4, 0.5) is 0 Å². The van der Waals surface area contributed by atoms with Gasteiger partial charge in [-0.1, -0.05) is 39.0 Å². The number of H-pyrrole nitrogens is 1. The van der Waals surface area contributed by atoms with E-state index in [4.69, 9.17) is 0 Å². The largest absolute Gasteiger partial charge is 0.361 e. The zero-order valence-corrected chi connectivity index (χ0v) is 13.4. The number of aromatic amines is 1. The molecule has 0 saturated heterocycles. The van der Waals surface area contributed by atoms with Gasteiger partial charge in [-0.25, -0.2) is 0 Å². The standard InChI is InChI=1S/C19H26N2/c1-18(2)14-8-9-19(18,3)17(10-14)21-12-13-11-20-16-7-5-4-6-15(13)16/h4-7,11,14,17,20-21H,8-10,12H2,1-3H3. The van der Waals surface area contributed by atoms with Gasteiger partial charge in [-0.05, 0) is 47.6 Å². The summed E-state index contributed by atoms with van der Waals surface area (Å²) in [4.78, 5) is 3.38. The molecule has 3 unspecified atom stereocenters. The van der Waals surface area contributed by atoms with E-state index >= 15 is 0 Å². The smallest absolute Gasteiger partial charge is 0.0457 e. The van der Waals surface area contributed by atoms with E-state index in [1.165, 1.54) is 35.7 Å². The SMILES string of the molecule is CC1(C)C2CCC1(C)C(NCc1c[nH]c3ccccc13)C2. The highest BCUT2D eigenvalue weighted by atomic mass is 15.0. The van der Waals surface area contributed by atoms with Crippen molar-refractivity contribution in [1.82, 2.24) is 10.3 Å². The minimum absolute atomic E-state index is 0.462. The lowest BCUT2D eigenvalue weighted by molar-refractivity contribution is 0.120. The molecule has 112 valence electrons. The molecule has 0 aliphatic heterocycles. The average molecular weight is 282 g/mol. The number of fused-ring (bicyclic) bond motifs is 3. The van der Waals surface area contributed by atoms with E-state index in [1.807, 2.05) is 0 Å². The van der Waals surface area contributed by atoms with E-state index in [1.54, 1.807) is 0 Å². The summed E-state index contributed by atoms with van der Waals surface area (Å²) in [6.45, 7) is 8.45. The van der Waals surface area contributed by atoms with Crippen LogP contribution in [0.25, 0.3) is 10.9 Å². The molecule has 2 fully saturated rings. The summed E-state index contributed by atoms with van der Waals surface area (Å²) in [5, 5.41) is 5.24. The lowest BCUT2D eigenvalue weighted by Gasteiger charge is -2.39. The Bertz CT molecular complexity index is 669. The Morgan fingerprint density at radius 1 is 1.24 bits per heavy atom. The van der Waals surface area contributed by atoms with Gasteiger partial charge in [-0.2, -0.15) is 0 Å². The molecule has 0 radical (unpaired) electrons. The van der Waals surface area contributed by atoms with Crippen molar-refractivity contribution in [2.45, 2.75) is 52.6 Å². The van der Waals surface area contributed by atoms with Gasteiger partial charge in [0, 0.05) is 29.7 Å². The summed E-state index contributed by atoms with van der Waals surface area (Å²) in [6.07, 6.45) is 6.33. The third kappa shape index (κ3) is 1.75. The van der Waals surface area contributed by atoms with Crippen LogP contribution < -0.4 is 5.32 Å². The van der Waals surface area contributed by atoms with E-state index in [9.17, 15) is 0 Å². The highest BCUT2D eigenvalue weighted by Crippen LogP contribution is 2.65. The van der Waals surface area contributed by atoms with Crippen LogP contribution in [0.15, 0.2) is 30.5 Å². The number of hydrogen-bond donors (Lipinski definition) is 2. The zero-order valence-electron chi connectivity index (χ0n) is 13.4. The molecule has 2 saturated carbocycles. The van der Waals surface area contributed by atoms with Crippen molar-refractivity contribution in [2.24, 2.45) is 16.7 Å². The highest BCUT2D eigenvalue weighted by Gasteiger charge is 2.60. The summed E-state index contributed by atoms with van der Waals surface area (Å²) in [7, 11) is 0. The molecule has 2 bridgehead atoms. The molecule has 1 heterocycles. The second kappa shape index (κ2) is 4.36. The average Bonchev–Trinajstić information content (AvgIpc) is 3.03. The summed E-state index contributed by atoms with van der Waals surface area (Å²) in [5.74, 6) is 0.906. The van der Waals surface area contributed by atoms with Crippen LogP contribution in [-0.4, -0.2) is 11.0 Å². The minimum atomic E-state index is 0.462. The maximum atomic E-state index is 3.88. The molecular weight excluding hydrogens is 256 g/mol. The maximum Gasteiger partial charge on any atom is 0.0457 e. The first-order chi connectivity index (χ1) is 10.0. The first kappa shape index (κ1) is 13.4. The summed E-state index contributed by atoms with van der Waals surface area (Å²) in [5.41, 5.74) is 3.60. The van der Waals surface area contributed by atoms with Crippen LogP contribution in [0.3, 0.4) is 0 Å². The van der Waals surface area contributed by atoms with Gasteiger partial charge < -0.3 is 10.3 Å². The number of nitrogens with one attached hydrogen (secondary N) is 2. The van der Waals surface area contributed by atoms with Crippen LogP contribution in [0.5, 0.6) is 0 Å². The third-order valence-corrected chi connectivity index (χ3v) is 7.01. The van der Waals surface area contributed by atoms with Crippen LogP contribution in [-0.2, 0) is 6.54 Å². The number of hydrogen-bond acceptors (Lipinski definition) is 1. The van der Waals surface area contributed by atoms with Crippen LogP contribution in [0.2, 0.25) is 0 Å². The molecule has 2 nitrogen and oxygen atoms in total. The molecular formula is C19H26N2. The van der Waals surface area contributed by atoms with Crippen LogP contribution in [0.1, 0.15) is 45.6 Å². The molecule has 4 rings (SSSR count). The lowest BCUT2D eigenvalue weighted by Crippen LogP contribution is -2.44. The fourth-order valence-electron chi connectivity index (χ4n) is 5.02. The molecule has 1 aromatic heterocycles. The van der Waals surface area contributed by atoms with Gasteiger partial charge in [0.25, 0.3) is 0 Å². The number of aromatic nitrogens is 1. The monoisotopic (exact) mass is 282 g/mol. The molecule has 3 atom stereocenters. The number of para-hydroxylation sites is 1. The quantitative estimate of drug-likeness (QED) is 0.854. The van der Waals surface area contributed by atoms with E-state index < -0.39 is 0 Å². The van der Waals surface area contributed by atoms with Crippen LogP contribution in [0, 0.1) is 16.7 Å². The van der Waals surface area contributed by atoms with Gasteiger partial charge in [0.1, 0.15) is 0 Å². The fourth-order valence-corrected chi connectivity index (χ4v) is 5.02. The number of rotatable bonds is 3. The predicted octanol–water partition coefficient (Wildman–Crippen LogP) is 4.47. The van der Waals surface area contributed by atoms with Crippen molar-refractivity contribution in [1.29, 1.82) is 0 Å². The molecule has 1 aromatic carbocycles. The maximum absolute atomic E-state index is 3.88. The molecule has 2 N–H and O–H groups in total. The highest BCUT2D eigenvalue weighted by molar-refractivity contribution is 5.82. The Kier molecular flexibility index (Phi) is 2.78. The van der Waals surface area contributed by atoms with Gasteiger partial charge in [-0.3, -0.25) is 0 Å². The Hall–Kier alpha value is -1.28. The fraction of sp³-hybridized carbons (Fsp3) is 0.579. The molecule has 2 aromatic rings. The first-order valence-corrected chi connectivity index (χ1v) is 8.31. The summed E-state index contributed by atoms with van der Waals surface area (Å²) >= 11 is 0. The molecule has 2 aliphatic rings. The zero-order chi connectivity index (χ0) is 14.7. The molecule has 2 aliphatic carbocycles. The molecule has 21 heavy (non-hydrogen) atoms. The van der Waals surface area contributed by atoms with Gasteiger partial charge >= 0.3 is 0 Å². The van der Waals surface area contributed by atoms with Crippen molar-refractivity contribution in [2.75, 3.05) is 0 Å². The summed E-state index contributed by atoms with van der Waals surface area (Å²) < 4.78 is 0. The summed E-state index contributed by atoms with van der Waals surface area (Å²) in [6, 6.07) is 9.26. The third-order valence-electron chi connectivity index (χ3n) is 7.01. The van der Waals surface area contributed by atoms with Gasteiger partial charge in [0.2, 0.25) is 0 Å². The van der Waals surface area contributed by atoms with Crippen molar-refractivity contribution < 1.29 is 0 Å². The van der Waals surface area contributed by atoms with Crippen LogP contribution >= 0.6 is 0 Å². The van der Waals surface area contributed by atoms with Gasteiger partial charge in [-0.15, -0.1) is 0 Å². The van der Waals surface area contributed by atoms with Crippen molar-refractivity contribution in [3.8, 4) is 0 Å². The van der Waals surface area contributed by atoms with E-state index in [2.05, 4.69) is 61.5 Å². The predicted molar refractivity (Wildman–Crippen MR) is 88.2 cm³/mol. The second-order valence-electron chi connectivity index (χ2n) is 7.90.